The van der Waals surface area contributed by atoms with E-state index in [4.69, 9.17) is 9.15 Å². The van der Waals surface area contributed by atoms with E-state index in [2.05, 4.69) is 4.98 Å². The van der Waals surface area contributed by atoms with Crippen molar-refractivity contribution in [1.82, 2.24) is 9.88 Å². The third-order valence-electron chi connectivity index (χ3n) is 3.04. The van der Waals surface area contributed by atoms with Crippen molar-refractivity contribution < 1.29 is 13.9 Å². The van der Waals surface area contributed by atoms with Crippen LogP contribution in [0.3, 0.4) is 0 Å². The summed E-state index contributed by atoms with van der Waals surface area (Å²) >= 11 is 0. The Morgan fingerprint density at radius 3 is 3.12 bits per heavy atom. The number of carbonyl (C=O) groups excluding carboxylic acids is 1. The zero-order chi connectivity index (χ0) is 11.1. The van der Waals surface area contributed by atoms with Gasteiger partial charge in [0.25, 0.3) is 0 Å². The molecule has 1 unspecified atom stereocenters. The Hall–Kier alpha value is -1.78. The van der Waals surface area contributed by atoms with E-state index < -0.39 is 0 Å². The molecule has 0 aromatic carbocycles. The molecule has 3 rings (SSSR count). The van der Waals surface area contributed by atoms with Crippen LogP contribution in [0.4, 0.5) is 4.79 Å². The number of oxazole rings is 1. The topological polar surface area (TPSA) is 55.6 Å². The molecule has 0 bridgehead atoms. The van der Waals surface area contributed by atoms with Crippen molar-refractivity contribution >= 4 is 12.2 Å². The maximum Gasteiger partial charge on any atom is 0.414 e. The van der Waals surface area contributed by atoms with E-state index in [1.54, 1.807) is 17.2 Å². The van der Waals surface area contributed by atoms with Crippen LogP contribution < -0.4 is 0 Å². The first-order chi connectivity index (χ1) is 7.81. The van der Waals surface area contributed by atoms with Crippen LogP contribution in [0, 0.1) is 5.92 Å². The van der Waals surface area contributed by atoms with E-state index in [9.17, 15) is 4.79 Å². The summed E-state index contributed by atoms with van der Waals surface area (Å²) in [5.74, 6) is 1.23. The maximum absolute atomic E-state index is 11.6. The number of methoxy groups -OCH3 is 1. The highest BCUT2D eigenvalue weighted by Crippen LogP contribution is 2.47. The van der Waals surface area contributed by atoms with Gasteiger partial charge in [-0.1, -0.05) is 0 Å². The van der Waals surface area contributed by atoms with Crippen LogP contribution in [-0.4, -0.2) is 23.1 Å². The molecule has 0 spiro atoms. The second kappa shape index (κ2) is 3.37. The summed E-state index contributed by atoms with van der Waals surface area (Å²) in [6.07, 6.45) is 6.78. The number of amides is 1. The van der Waals surface area contributed by atoms with Gasteiger partial charge in [0, 0.05) is 6.20 Å². The molecule has 16 heavy (non-hydrogen) atoms. The highest BCUT2D eigenvalue weighted by atomic mass is 16.5. The lowest BCUT2D eigenvalue weighted by molar-refractivity contribution is 0.120. The quantitative estimate of drug-likeness (QED) is 0.727. The van der Waals surface area contributed by atoms with Gasteiger partial charge in [0.2, 0.25) is 0 Å². The molecule has 0 radical (unpaired) electrons. The van der Waals surface area contributed by atoms with Gasteiger partial charge < -0.3 is 9.15 Å². The average molecular weight is 220 g/mol. The molecule has 1 aromatic rings. The monoisotopic (exact) mass is 220 g/mol. The summed E-state index contributed by atoms with van der Waals surface area (Å²) in [5, 5.41) is 0. The van der Waals surface area contributed by atoms with Gasteiger partial charge >= 0.3 is 6.09 Å². The van der Waals surface area contributed by atoms with Crippen molar-refractivity contribution in [3.63, 3.8) is 0 Å². The highest BCUT2D eigenvalue weighted by molar-refractivity contribution is 5.72. The molecule has 2 heterocycles. The summed E-state index contributed by atoms with van der Waals surface area (Å²) in [6.45, 7) is 0. The zero-order valence-corrected chi connectivity index (χ0v) is 8.92. The second-order valence-electron chi connectivity index (χ2n) is 4.08. The minimum Gasteiger partial charge on any atom is -0.452 e. The molecule has 1 aliphatic carbocycles. The van der Waals surface area contributed by atoms with Crippen LogP contribution in [0.5, 0.6) is 0 Å². The second-order valence-corrected chi connectivity index (χ2v) is 4.08. The number of rotatable bonds is 1. The molecule has 1 aliphatic heterocycles. The van der Waals surface area contributed by atoms with Crippen LogP contribution in [0.25, 0.3) is 6.08 Å². The van der Waals surface area contributed by atoms with Gasteiger partial charge in [-0.3, -0.25) is 4.90 Å². The Morgan fingerprint density at radius 2 is 2.44 bits per heavy atom. The third kappa shape index (κ3) is 1.31. The van der Waals surface area contributed by atoms with Gasteiger partial charge in [-0.15, -0.1) is 0 Å². The standard InChI is InChI=1S/C11H12N2O3/c1-15-11(14)13-5-4-8-9(12-6-16-8)10(13)7-2-3-7/h4-7,10H,2-3H2,1H3. The summed E-state index contributed by atoms with van der Waals surface area (Å²) < 4.78 is 10.0. The predicted octanol–water partition coefficient (Wildman–Crippen LogP) is 2.18. The van der Waals surface area contributed by atoms with Crippen molar-refractivity contribution in [3.05, 3.63) is 24.0 Å². The molecule has 1 atom stereocenters. The van der Waals surface area contributed by atoms with Gasteiger partial charge in [0.15, 0.2) is 12.2 Å². The molecular formula is C11H12N2O3. The number of fused-ring (bicyclic) bond motifs is 1. The van der Waals surface area contributed by atoms with Gasteiger partial charge in [-0.2, -0.15) is 0 Å². The van der Waals surface area contributed by atoms with E-state index >= 15 is 0 Å². The van der Waals surface area contributed by atoms with Crippen LogP contribution >= 0.6 is 0 Å². The van der Waals surface area contributed by atoms with Crippen molar-refractivity contribution in [3.8, 4) is 0 Å². The largest absolute Gasteiger partial charge is 0.452 e. The van der Waals surface area contributed by atoms with Gasteiger partial charge in [-0.05, 0) is 24.8 Å². The molecule has 1 fully saturated rings. The predicted molar refractivity (Wildman–Crippen MR) is 55.2 cm³/mol. The van der Waals surface area contributed by atoms with Gasteiger partial charge in [0.05, 0.1) is 13.2 Å². The van der Waals surface area contributed by atoms with Crippen LogP contribution in [0.1, 0.15) is 30.3 Å². The molecule has 1 saturated carbocycles. The van der Waals surface area contributed by atoms with Crippen LogP contribution in [0.2, 0.25) is 0 Å². The molecule has 5 nitrogen and oxygen atoms in total. The first-order valence-corrected chi connectivity index (χ1v) is 5.29. The lowest BCUT2D eigenvalue weighted by Gasteiger charge is -2.28. The Bertz CT molecular complexity index is 448. The molecule has 84 valence electrons. The lowest BCUT2D eigenvalue weighted by Crippen LogP contribution is -2.33. The highest BCUT2D eigenvalue weighted by Gasteiger charge is 2.42. The van der Waals surface area contributed by atoms with Gasteiger partial charge in [0.1, 0.15) is 5.69 Å². The average Bonchev–Trinajstić information content (AvgIpc) is 3.03. The lowest BCUT2D eigenvalue weighted by atomic mass is 10.0. The minimum absolute atomic E-state index is 0.0220. The molecule has 0 N–H and O–H groups in total. The van der Waals surface area contributed by atoms with Crippen molar-refractivity contribution in [1.29, 1.82) is 0 Å². The van der Waals surface area contributed by atoms with E-state index in [0.717, 1.165) is 24.3 Å². The Morgan fingerprint density at radius 1 is 1.62 bits per heavy atom. The molecule has 5 heteroatoms. The van der Waals surface area contributed by atoms with E-state index in [1.807, 2.05) is 0 Å². The Balaban J connectivity index is 1.99. The number of hydrogen-bond donors (Lipinski definition) is 0. The fourth-order valence-electron chi connectivity index (χ4n) is 2.13. The van der Waals surface area contributed by atoms with Crippen LogP contribution in [0.15, 0.2) is 17.0 Å². The molecular weight excluding hydrogens is 208 g/mol. The SMILES string of the molecule is COC(=O)N1C=Cc2ocnc2C1C1CC1. The number of aromatic nitrogens is 1. The Labute approximate surface area is 92.7 Å². The van der Waals surface area contributed by atoms with Crippen LogP contribution in [-0.2, 0) is 4.74 Å². The molecule has 0 saturated heterocycles. The number of carbonyl (C=O) groups is 1. The van der Waals surface area contributed by atoms with E-state index in [1.165, 1.54) is 13.5 Å². The summed E-state index contributed by atoms with van der Waals surface area (Å²) in [4.78, 5) is 17.4. The number of ether oxygens (including phenoxy) is 1. The molecule has 1 aromatic heterocycles. The summed E-state index contributed by atoms with van der Waals surface area (Å²) in [7, 11) is 1.39. The number of nitrogens with zero attached hydrogens (tertiary/aromatic N) is 2. The van der Waals surface area contributed by atoms with Crippen molar-refractivity contribution in [2.75, 3.05) is 7.11 Å². The van der Waals surface area contributed by atoms with E-state index in [-0.39, 0.29) is 12.1 Å². The zero-order valence-electron chi connectivity index (χ0n) is 8.92. The van der Waals surface area contributed by atoms with Gasteiger partial charge in [-0.25, -0.2) is 9.78 Å². The molecule has 2 aliphatic rings. The first kappa shape index (κ1) is 9.45. The first-order valence-electron chi connectivity index (χ1n) is 5.29. The summed E-state index contributed by atoms with van der Waals surface area (Å²) in [6, 6.07) is -0.0220. The van der Waals surface area contributed by atoms with E-state index in [0.29, 0.717) is 5.92 Å². The minimum atomic E-state index is -0.346. The van der Waals surface area contributed by atoms with Crippen molar-refractivity contribution in [2.24, 2.45) is 5.92 Å². The fourth-order valence-corrected chi connectivity index (χ4v) is 2.13. The number of hydrogen-bond acceptors (Lipinski definition) is 4. The Kier molecular flexibility index (Phi) is 1.99. The fraction of sp³-hybridized carbons (Fsp3) is 0.455. The maximum atomic E-state index is 11.6. The summed E-state index contributed by atoms with van der Waals surface area (Å²) in [5.41, 5.74) is 0.843. The van der Waals surface area contributed by atoms with Crippen molar-refractivity contribution in [2.45, 2.75) is 18.9 Å². The normalized spacial score (nSPS) is 23.1. The molecule has 1 amide bonds. The smallest absolute Gasteiger partial charge is 0.414 e. The third-order valence-corrected chi connectivity index (χ3v) is 3.04.